The van der Waals surface area contributed by atoms with Gasteiger partial charge in [-0.25, -0.2) is 22.9 Å². The summed E-state index contributed by atoms with van der Waals surface area (Å²) in [6, 6.07) is 18.9. The van der Waals surface area contributed by atoms with E-state index in [1.54, 1.807) is 6.07 Å². The smallest absolute Gasteiger partial charge is 0.238 e. The van der Waals surface area contributed by atoms with Gasteiger partial charge in [0.25, 0.3) is 0 Å². The zero-order chi connectivity index (χ0) is 27.6. The van der Waals surface area contributed by atoms with Gasteiger partial charge < -0.3 is 24.1 Å². The van der Waals surface area contributed by atoms with Gasteiger partial charge in [0.2, 0.25) is 15.9 Å². The average molecular weight is 555 g/mol. The molecule has 1 unspecified atom stereocenters. The highest BCUT2D eigenvalue weighted by atomic mass is 32.2. The first kappa shape index (κ1) is 27.0. The third-order valence-electron chi connectivity index (χ3n) is 6.56. The molecule has 0 saturated carbocycles. The quantitative estimate of drug-likeness (QED) is 0.297. The Balaban J connectivity index is 1.41. The summed E-state index contributed by atoms with van der Waals surface area (Å²) < 4.78 is 54.6. The molecule has 1 aliphatic heterocycles. The number of benzene rings is 3. The first-order valence-corrected chi connectivity index (χ1v) is 13.8. The SMILES string of the molecule is NS(=O)(=O)c1ccc(-c2oc(C(O)COc3cc(F)cc(C4(O)CCOCC4)c3)nc2-c2ccccc2)cc1. The van der Waals surface area contributed by atoms with Crippen molar-refractivity contribution in [2.75, 3.05) is 19.8 Å². The van der Waals surface area contributed by atoms with Crippen LogP contribution >= 0.6 is 0 Å². The summed E-state index contributed by atoms with van der Waals surface area (Å²) in [6.07, 6.45) is -0.654. The molecule has 0 amide bonds. The van der Waals surface area contributed by atoms with E-state index in [0.29, 0.717) is 54.2 Å². The maximum Gasteiger partial charge on any atom is 0.238 e. The minimum absolute atomic E-state index is 0.0425. The molecule has 1 atom stereocenters. The van der Waals surface area contributed by atoms with Gasteiger partial charge in [-0.3, -0.25) is 0 Å². The largest absolute Gasteiger partial charge is 0.490 e. The van der Waals surface area contributed by atoms with Crippen molar-refractivity contribution in [3.05, 3.63) is 90.1 Å². The summed E-state index contributed by atoms with van der Waals surface area (Å²) in [4.78, 5) is 4.44. The normalized spacial score (nSPS) is 16.1. The molecule has 1 aromatic heterocycles. The Hall–Kier alpha value is -3.61. The van der Waals surface area contributed by atoms with E-state index in [-0.39, 0.29) is 23.1 Å². The number of nitrogens with two attached hydrogens (primary N) is 1. The maximum atomic E-state index is 14.4. The van der Waals surface area contributed by atoms with Crippen LogP contribution in [-0.4, -0.2) is 43.4 Å². The zero-order valence-electron chi connectivity index (χ0n) is 20.8. The minimum Gasteiger partial charge on any atom is -0.490 e. The van der Waals surface area contributed by atoms with E-state index in [0.717, 1.165) is 0 Å². The predicted molar refractivity (Wildman–Crippen MR) is 140 cm³/mol. The lowest BCUT2D eigenvalue weighted by molar-refractivity contribution is -0.0682. The number of aliphatic hydroxyl groups excluding tert-OH is 1. The lowest BCUT2D eigenvalue weighted by Gasteiger charge is -2.32. The van der Waals surface area contributed by atoms with Gasteiger partial charge >= 0.3 is 0 Å². The second kappa shape index (κ2) is 10.9. The fraction of sp³-hybridized carbons (Fsp3) is 0.250. The summed E-state index contributed by atoms with van der Waals surface area (Å²) in [5, 5.41) is 27.0. The first-order valence-electron chi connectivity index (χ1n) is 12.2. The Bertz CT molecular complexity index is 1550. The molecule has 0 spiro atoms. The molecule has 9 nitrogen and oxygen atoms in total. The van der Waals surface area contributed by atoms with E-state index >= 15 is 0 Å². The van der Waals surface area contributed by atoms with Crippen LogP contribution in [-0.2, 0) is 20.4 Å². The van der Waals surface area contributed by atoms with Crippen LogP contribution in [0, 0.1) is 5.82 Å². The van der Waals surface area contributed by atoms with Crippen molar-refractivity contribution >= 4 is 10.0 Å². The predicted octanol–water partition coefficient (Wildman–Crippen LogP) is 3.91. The minimum atomic E-state index is -3.87. The number of nitrogens with zero attached hydrogens (tertiary/aromatic N) is 1. The lowest BCUT2D eigenvalue weighted by Crippen LogP contribution is -2.33. The number of primary sulfonamides is 1. The lowest BCUT2D eigenvalue weighted by atomic mass is 9.86. The molecule has 4 N–H and O–H groups in total. The third-order valence-corrected chi connectivity index (χ3v) is 7.49. The Morgan fingerprint density at radius 2 is 1.72 bits per heavy atom. The average Bonchev–Trinajstić information content (AvgIpc) is 3.38. The van der Waals surface area contributed by atoms with Crippen LogP contribution in [0.4, 0.5) is 4.39 Å². The van der Waals surface area contributed by atoms with E-state index in [4.69, 9.17) is 19.0 Å². The van der Waals surface area contributed by atoms with Crippen LogP contribution in [0.25, 0.3) is 22.6 Å². The van der Waals surface area contributed by atoms with Gasteiger partial charge in [0, 0.05) is 43.2 Å². The van der Waals surface area contributed by atoms with Gasteiger partial charge in [0.15, 0.2) is 11.9 Å². The highest BCUT2D eigenvalue weighted by molar-refractivity contribution is 7.89. The molecule has 0 aliphatic carbocycles. The summed E-state index contributed by atoms with van der Waals surface area (Å²) >= 11 is 0. The second-order valence-corrected chi connectivity index (χ2v) is 10.9. The fourth-order valence-corrected chi connectivity index (χ4v) is 4.94. The Morgan fingerprint density at radius 3 is 2.38 bits per heavy atom. The molecule has 39 heavy (non-hydrogen) atoms. The number of hydrogen-bond acceptors (Lipinski definition) is 8. The molecule has 3 aromatic carbocycles. The molecule has 204 valence electrons. The first-order chi connectivity index (χ1) is 18.6. The molecule has 2 heterocycles. The van der Waals surface area contributed by atoms with E-state index in [1.807, 2.05) is 30.3 Å². The van der Waals surface area contributed by atoms with Crippen molar-refractivity contribution < 1.29 is 36.9 Å². The van der Waals surface area contributed by atoms with Gasteiger partial charge in [-0.05, 0) is 42.0 Å². The van der Waals surface area contributed by atoms with Crippen LogP contribution in [0.2, 0.25) is 0 Å². The summed E-state index contributed by atoms with van der Waals surface area (Å²) in [6.45, 7) is 0.425. The van der Waals surface area contributed by atoms with Crippen LogP contribution in [0.15, 0.2) is 82.1 Å². The number of aromatic nitrogens is 1. The third kappa shape index (κ3) is 6.02. The fourth-order valence-electron chi connectivity index (χ4n) is 4.42. The standard InChI is InChI=1S/C28H27FN2O7S/c29-21-14-20(28(33)10-12-36-13-11-28)15-22(16-21)37-17-24(32)27-31-25(18-4-2-1-3-5-18)26(38-27)19-6-8-23(9-7-19)39(30,34)35/h1-9,14-16,24,32-33H,10-13,17H2,(H2,30,34,35). The van der Waals surface area contributed by atoms with Crippen molar-refractivity contribution in [1.29, 1.82) is 0 Å². The van der Waals surface area contributed by atoms with Crippen molar-refractivity contribution in [3.63, 3.8) is 0 Å². The topological polar surface area (TPSA) is 145 Å². The van der Waals surface area contributed by atoms with Gasteiger partial charge in [-0.15, -0.1) is 0 Å². The molecule has 5 rings (SSSR count). The number of hydrogen-bond donors (Lipinski definition) is 3. The Labute approximate surface area is 224 Å². The summed E-state index contributed by atoms with van der Waals surface area (Å²) in [5.74, 6) is -0.174. The van der Waals surface area contributed by atoms with Gasteiger partial charge in [-0.2, -0.15) is 0 Å². The highest BCUT2D eigenvalue weighted by Crippen LogP contribution is 2.36. The maximum absolute atomic E-state index is 14.4. The Kier molecular flexibility index (Phi) is 7.52. The molecular weight excluding hydrogens is 527 g/mol. The van der Waals surface area contributed by atoms with Gasteiger partial charge in [0.1, 0.15) is 23.9 Å². The molecule has 11 heteroatoms. The van der Waals surface area contributed by atoms with Crippen molar-refractivity contribution in [3.8, 4) is 28.3 Å². The molecule has 4 aromatic rings. The van der Waals surface area contributed by atoms with Crippen molar-refractivity contribution in [1.82, 2.24) is 4.98 Å². The van der Waals surface area contributed by atoms with Crippen LogP contribution in [0.3, 0.4) is 0 Å². The van der Waals surface area contributed by atoms with Crippen LogP contribution in [0.5, 0.6) is 5.75 Å². The number of halogens is 1. The van der Waals surface area contributed by atoms with Crippen LogP contribution < -0.4 is 9.88 Å². The molecule has 0 radical (unpaired) electrons. The number of oxazole rings is 1. The zero-order valence-corrected chi connectivity index (χ0v) is 21.6. The van der Waals surface area contributed by atoms with Crippen molar-refractivity contribution in [2.45, 2.75) is 29.4 Å². The summed E-state index contributed by atoms with van der Waals surface area (Å²) in [7, 11) is -3.87. The van der Waals surface area contributed by atoms with Gasteiger partial charge in [0.05, 0.1) is 10.5 Å². The number of aliphatic hydroxyl groups is 2. The monoisotopic (exact) mass is 554 g/mol. The summed E-state index contributed by atoms with van der Waals surface area (Å²) in [5.41, 5.74) is 0.821. The second-order valence-electron chi connectivity index (χ2n) is 9.31. The van der Waals surface area contributed by atoms with E-state index < -0.39 is 27.5 Å². The van der Waals surface area contributed by atoms with E-state index in [9.17, 15) is 23.0 Å². The molecule has 1 aliphatic rings. The van der Waals surface area contributed by atoms with Crippen molar-refractivity contribution in [2.24, 2.45) is 5.14 Å². The highest BCUT2D eigenvalue weighted by Gasteiger charge is 2.33. The molecule has 1 saturated heterocycles. The molecule has 1 fully saturated rings. The van der Waals surface area contributed by atoms with E-state index in [1.165, 1.54) is 36.4 Å². The number of rotatable bonds is 8. The molecule has 0 bridgehead atoms. The van der Waals surface area contributed by atoms with Crippen LogP contribution in [0.1, 0.15) is 30.4 Å². The van der Waals surface area contributed by atoms with Gasteiger partial charge in [-0.1, -0.05) is 30.3 Å². The molecular formula is C28H27FN2O7S. The number of ether oxygens (including phenoxy) is 2. The Morgan fingerprint density at radius 1 is 1.03 bits per heavy atom. The van der Waals surface area contributed by atoms with E-state index in [2.05, 4.69) is 4.98 Å². The number of sulfonamides is 1.